The average molecular weight is 292 g/mol. The average Bonchev–Trinajstić information content (AvgIpc) is 2.40. The van der Waals surface area contributed by atoms with Crippen LogP contribution in [0.5, 0.6) is 0 Å². The van der Waals surface area contributed by atoms with Crippen LogP contribution < -0.4 is 5.32 Å². The van der Waals surface area contributed by atoms with Gasteiger partial charge in [-0.2, -0.15) is 0 Å². The zero-order chi connectivity index (χ0) is 14.7. The van der Waals surface area contributed by atoms with Crippen LogP contribution in [0.2, 0.25) is 5.02 Å². The molecule has 106 valence electrons. The van der Waals surface area contributed by atoms with Gasteiger partial charge in [0.05, 0.1) is 6.04 Å². The van der Waals surface area contributed by atoms with Gasteiger partial charge in [-0.1, -0.05) is 36.7 Å². The molecule has 0 amide bonds. The van der Waals surface area contributed by atoms with E-state index in [1.807, 2.05) is 44.2 Å². The Labute approximate surface area is 124 Å². The largest absolute Gasteiger partial charge is 0.307 e. The van der Waals surface area contributed by atoms with Crippen LogP contribution in [0.15, 0.2) is 36.4 Å². The maximum absolute atomic E-state index is 13.8. The highest BCUT2D eigenvalue weighted by atomic mass is 35.5. The van der Waals surface area contributed by atoms with Gasteiger partial charge in [-0.15, -0.1) is 0 Å². The highest BCUT2D eigenvalue weighted by Gasteiger charge is 2.16. The number of hydrogen-bond donors (Lipinski definition) is 1. The van der Waals surface area contributed by atoms with Gasteiger partial charge in [0.25, 0.3) is 0 Å². The highest BCUT2D eigenvalue weighted by Crippen LogP contribution is 2.27. The van der Waals surface area contributed by atoms with E-state index in [0.717, 1.165) is 28.3 Å². The van der Waals surface area contributed by atoms with E-state index >= 15 is 0 Å². The predicted octanol–water partition coefficient (Wildman–Crippen LogP) is 4.79. The SMILES string of the molecule is CCNC(c1ccc(C)c(F)c1)c1ccc(Cl)cc1C. The van der Waals surface area contributed by atoms with Gasteiger partial charge in [-0.3, -0.25) is 0 Å². The summed E-state index contributed by atoms with van der Waals surface area (Å²) in [4.78, 5) is 0. The molecule has 0 spiro atoms. The molecule has 2 rings (SSSR count). The Morgan fingerprint density at radius 1 is 1.10 bits per heavy atom. The Morgan fingerprint density at radius 3 is 2.45 bits per heavy atom. The molecule has 0 aliphatic carbocycles. The summed E-state index contributed by atoms with van der Waals surface area (Å²) in [6, 6.07) is 11.2. The van der Waals surface area contributed by atoms with Gasteiger partial charge >= 0.3 is 0 Å². The predicted molar refractivity (Wildman–Crippen MR) is 82.8 cm³/mol. The minimum atomic E-state index is -0.169. The van der Waals surface area contributed by atoms with Crippen LogP contribution in [-0.2, 0) is 0 Å². The number of benzene rings is 2. The number of nitrogens with one attached hydrogen (secondary N) is 1. The first-order chi connectivity index (χ1) is 9.52. The minimum Gasteiger partial charge on any atom is -0.307 e. The molecular formula is C17H19ClFN. The maximum atomic E-state index is 13.8. The lowest BCUT2D eigenvalue weighted by Gasteiger charge is -2.21. The van der Waals surface area contributed by atoms with E-state index in [9.17, 15) is 4.39 Å². The molecule has 2 aromatic carbocycles. The molecule has 0 aliphatic rings. The van der Waals surface area contributed by atoms with Gasteiger partial charge in [-0.25, -0.2) is 4.39 Å². The summed E-state index contributed by atoms with van der Waals surface area (Å²) in [5.41, 5.74) is 3.82. The summed E-state index contributed by atoms with van der Waals surface area (Å²) in [5, 5.41) is 4.13. The first-order valence-electron chi connectivity index (χ1n) is 6.78. The van der Waals surface area contributed by atoms with E-state index in [2.05, 4.69) is 5.32 Å². The van der Waals surface area contributed by atoms with Gasteiger partial charge in [0, 0.05) is 5.02 Å². The van der Waals surface area contributed by atoms with Crippen LogP contribution in [0.4, 0.5) is 4.39 Å². The third-order valence-corrected chi connectivity index (χ3v) is 3.72. The molecule has 0 aromatic heterocycles. The van der Waals surface area contributed by atoms with Crippen LogP contribution in [0.25, 0.3) is 0 Å². The standard InChI is InChI=1S/C17H19ClFN/c1-4-20-17(13-6-5-11(2)16(19)10-13)15-8-7-14(18)9-12(15)3/h5-10,17,20H,4H2,1-3H3. The molecule has 1 nitrogen and oxygen atoms in total. The van der Waals surface area contributed by atoms with Gasteiger partial charge < -0.3 is 5.32 Å². The number of halogens is 2. The van der Waals surface area contributed by atoms with Crippen LogP contribution >= 0.6 is 11.6 Å². The molecule has 0 saturated heterocycles. The lowest BCUT2D eigenvalue weighted by atomic mass is 9.94. The van der Waals surface area contributed by atoms with E-state index in [4.69, 9.17) is 11.6 Å². The molecule has 2 aromatic rings. The molecule has 1 N–H and O–H groups in total. The van der Waals surface area contributed by atoms with Crippen molar-refractivity contribution in [2.24, 2.45) is 0 Å². The third-order valence-electron chi connectivity index (χ3n) is 3.48. The van der Waals surface area contributed by atoms with Crippen molar-refractivity contribution in [1.82, 2.24) is 5.32 Å². The van der Waals surface area contributed by atoms with E-state index in [1.54, 1.807) is 13.0 Å². The van der Waals surface area contributed by atoms with Crippen molar-refractivity contribution < 1.29 is 4.39 Å². The number of rotatable bonds is 4. The highest BCUT2D eigenvalue weighted by molar-refractivity contribution is 6.30. The zero-order valence-corrected chi connectivity index (χ0v) is 12.8. The van der Waals surface area contributed by atoms with Crippen molar-refractivity contribution in [2.75, 3.05) is 6.54 Å². The lowest BCUT2D eigenvalue weighted by molar-refractivity contribution is 0.596. The van der Waals surface area contributed by atoms with Crippen LogP contribution in [-0.4, -0.2) is 6.54 Å². The molecule has 0 saturated carbocycles. The molecule has 1 atom stereocenters. The maximum Gasteiger partial charge on any atom is 0.126 e. The fourth-order valence-electron chi connectivity index (χ4n) is 2.36. The second-order valence-corrected chi connectivity index (χ2v) is 5.44. The molecule has 20 heavy (non-hydrogen) atoms. The van der Waals surface area contributed by atoms with Crippen LogP contribution in [0.1, 0.15) is 35.2 Å². The lowest BCUT2D eigenvalue weighted by Crippen LogP contribution is -2.23. The fourth-order valence-corrected chi connectivity index (χ4v) is 2.59. The first-order valence-corrected chi connectivity index (χ1v) is 7.16. The quantitative estimate of drug-likeness (QED) is 0.853. The molecule has 0 radical (unpaired) electrons. The van der Waals surface area contributed by atoms with Crippen LogP contribution in [0.3, 0.4) is 0 Å². The molecule has 3 heteroatoms. The molecule has 0 bridgehead atoms. The Bertz CT molecular complexity index is 610. The zero-order valence-electron chi connectivity index (χ0n) is 12.0. The van der Waals surface area contributed by atoms with E-state index in [1.165, 1.54) is 0 Å². The molecule has 0 aliphatic heterocycles. The minimum absolute atomic E-state index is 0.0210. The number of aryl methyl sites for hydroxylation is 2. The first kappa shape index (κ1) is 15.0. The summed E-state index contributed by atoms with van der Waals surface area (Å²) in [6.07, 6.45) is 0. The van der Waals surface area contributed by atoms with Crippen LogP contribution in [0, 0.1) is 19.7 Å². The monoisotopic (exact) mass is 291 g/mol. The number of hydrogen-bond acceptors (Lipinski definition) is 1. The van der Waals surface area contributed by atoms with E-state index in [0.29, 0.717) is 5.56 Å². The van der Waals surface area contributed by atoms with E-state index in [-0.39, 0.29) is 11.9 Å². The second-order valence-electron chi connectivity index (χ2n) is 5.00. The molecule has 1 unspecified atom stereocenters. The normalized spacial score (nSPS) is 12.4. The Kier molecular flexibility index (Phi) is 4.79. The van der Waals surface area contributed by atoms with Gasteiger partial charge in [0.1, 0.15) is 5.82 Å². The topological polar surface area (TPSA) is 12.0 Å². The molecule has 0 heterocycles. The summed E-state index contributed by atoms with van der Waals surface area (Å²) in [6.45, 7) is 6.65. The summed E-state index contributed by atoms with van der Waals surface area (Å²) < 4.78 is 13.8. The van der Waals surface area contributed by atoms with Gasteiger partial charge in [0.2, 0.25) is 0 Å². The Morgan fingerprint density at radius 2 is 1.85 bits per heavy atom. The van der Waals surface area contributed by atoms with Crippen molar-refractivity contribution in [3.8, 4) is 0 Å². The smallest absolute Gasteiger partial charge is 0.126 e. The van der Waals surface area contributed by atoms with Gasteiger partial charge in [0.15, 0.2) is 0 Å². The molecular weight excluding hydrogens is 273 g/mol. The van der Waals surface area contributed by atoms with E-state index < -0.39 is 0 Å². The second kappa shape index (κ2) is 6.38. The Balaban J connectivity index is 2.47. The van der Waals surface area contributed by atoms with Crippen molar-refractivity contribution >= 4 is 11.6 Å². The summed E-state index contributed by atoms with van der Waals surface area (Å²) in [5.74, 6) is -0.169. The van der Waals surface area contributed by atoms with Crippen molar-refractivity contribution in [1.29, 1.82) is 0 Å². The van der Waals surface area contributed by atoms with Gasteiger partial charge in [-0.05, 0) is 60.8 Å². The van der Waals surface area contributed by atoms with Crippen molar-refractivity contribution in [3.05, 3.63) is 69.5 Å². The summed E-state index contributed by atoms with van der Waals surface area (Å²) >= 11 is 6.01. The molecule has 0 fully saturated rings. The third kappa shape index (κ3) is 3.20. The summed E-state index contributed by atoms with van der Waals surface area (Å²) in [7, 11) is 0. The van der Waals surface area contributed by atoms with Crippen molar-refractivity contribution in [3.63, 3.8) is 0 Å². The van der Waals surface area contributed by atoms with Crippen molar-refractivity contribution in [2.45, 2.75) is 26.8 Å². The fraction of sp³-hybridized carbons (Fsp3) is 0.294. The Hall–Kier alpha value is -1.38.